The Kier molecular flexibility index (Phi) is 20.0. The van der Waals surface area contributed by atoms with Crippen molar-refractivity contribution in [1.29, 1.82) is 0 Å². The van der Waals surface area contributed by atoms with Crippen LogP contribution in [0.4, 0.5) is 0 Å². The minimum absolute atomic E-state index is 0.105. The minimum Gasteiger partial charge on any atom is -0.425 e. The SMILES string of the molecule is Cc1cc(C)c(OP(O[C@@H]2C[C@H](C)CCC2C(C)C)O[C@@H]2C[C@H](C)CC[C@H]2C(C)C)c(Sc2cc(C)cc(C)c2OP(O[C@@H]2C[C@H](C)CC[C@H]2C(C)C)O[C@@H]2C[C@H](C)CC[C@H]2C(C)C)c1. The van der Waals surface area contributed by atoms with Crippen molar-refractivity contribution < 1.29 is 27.1 Å². The number of benzene rings is 2. The van der Waals surface area contributed by atoms with E-state index in [2.05, 4.69) is 135 Å². The standard InChI is InChI=1S/C56H92O6P2S/c1-33(2)45-21-17-37(9)27-49(45)57-63(58-50-28-38(10)18-22-46(50)34(3)4)61-55-43(15)25-41(13)31-53(55)65-54-32-42(14)26-44(16)56(54)62-64(59-51-29-39(11)19-23-47(51)35(5)6)60-52-30-40(12)20-24-48(52)36(7)8/h25-26,31-40,45-52H,17-24,27-30H2,1-16H3/t37-,38-,39-,40-,45+,46+,47+,48?,49-,50-,51-,52-,64?/m1/s1. The quantitative estimate of drug-likeness (QED) is 0.138. The highest BCUT2D eigenvalue weighted by Gasteiger charge is 2.42. The molecule has 0 heterocycles. The van der Waals surface area contributed by atoms with Crippen molar-refractivity contribution in [2.75, 3.05) is 0 Å². The van der Waals surface area contributed by atoms with Crippen molar-refractivity contribution in [2.45, 2.75) is 222 Å². The average molecular weight is 955 g/mol. The van der Waals surface area contributed by atoms with Gasteiger partial charge in [0.1, 0.15) is 11.5 Å². The summed E-state index contributed by atoms with van der Waals surface area (Å²) in [5.41, 5.74) is 4.59. The van der Waals surface area contributed by atoms with Crippen LogP contribution < -0.4 is 9.05 Å². The fourth-order valence-electron chi connectivity index (χ4n) is 12.0. The summed E-state index contributed by atoms with van der Waals surface area (Å²) < 4.78 is 43.7. The summed E-state index contributed by atoms with van der Waals surface area (Å²) in [6.45, 7) is 37.2. The van der Waals surface area contributed by atoms with E-state index in [1.807, 2.05) is 0 Å². The lowest BCUT2D eigenvalue weighted by Crippen LogP contribution is -2.36. The highest BCUT2D eigenvalue weighted by atomic mass is 32.2. The van der Waals surface area contributed by atoms with Crippen molar-refractivity contribution in [3.8, 4) is 11.5 Å². The first-order valence-electron chi connectivity index (χ1n) is 26.3. The second-order valence-electron chi connectivity index (χ2n) is 23.4. The van der Waals surface area contributed by atoms with Gasteiger partial charge in [-0.3, -0.25) is 18.1 Å². The molecule has 4 saturated carbocycles. The molecule has 2 aromatic carbocycles. The van der Waals surface area contributed by atoms with E-state index in [-0.39, 0.29) is 24.4 Å². The van der Waals surface area contributed by atoms with Crippen LogP contribution in [0.3, 0.4) is 0 Å². The second kappa shape index (κ2) is 24.3. The van der Waals surface area contributed by atoms with E-state index in [1.54, 1.807) is 11.8 Å². The molecule has 0 bridgehead atoms. The first-order valence-corrected chi connectivity index (χ1v) is 29.3. The van der Waals surface area contributed by atoms with Gasteiger partial charge in [0.05, 0.1) is 34.2 Å². The summed E-state index contributed by atoms with van der Waals surface area (Å²) in [5, 5.41) is 0. The minimum atomic E-state index is -1.70. The second-order valence-corrected chi connectivity index (χ2v) is 26.6. The maximum Gasteiger partial charge on any atom is 0.397 e. The molecule has 9 heteroatoms. The lowest BCUT2D eigenvalue weighted by Gasteiger charge is -2.41. The third kappa shape index (κ3) is 14.6. The topological polar surface area (TPSA) is 55.4 Å². The summed E-state index contributed by atoms with van der Waals surface area (Å²) in [5.74, 6) is 8.26. The maximum absolute atomic E-state index is 7.32. The zero-order chi connectivity index (χ0) is 47.3. The third-order valence-electron chi connectivity index (χ3n) is 16.1. The summed E-state index contributed by atoms with van der Waals surface area (Å²) in [6.07, 6.45) is 14.4. The molecule has 0 saturated heterocycles. The van der Waals surface area contributed by atoms with Gasteiger partial charge < -0.3 is 9.05 Å². The third-order valence-corrected chi connectivity index (χ3v) is 19.5. The Hall–Kier alpha value is -0.910. The number of hydrogen-bond acceptors (Lipinski definition) is 7. The maximum atomic E-state index is 7.32. The van der Waals surface area contributed by atoms with Crippen molar-refractivity contribution >= 4 is 29.0 Å². The molecule has 0 radical (unpaired) electrons. The molecule has 6 rings (SSSR count). The Labute approximate surface area is 405 Å². The Bertz CT molecular complexity index is 1610. The first kappa shape index (κ1) is 53.4. The Morgan fingerprint density at radius 3 is 0.923 bits per heavy atom. The van der Waals surface area contributed by atoms with Crippen molar-refractivity contribution in [3.05, 3.63) is 46.5 Å². The molecule has 13 atom stereocenters. The van der Waals surface area contributed by atoms with E-state index in [9.17, 15) is 0 Å². The molecule has 2 aromatic rings. The zero-order valence-corrected chi connectivity index (χ0v) is 46.4. The van der Waals surface area contributed by atoms with Crippen LogP contribution in [0.25, 0.3) is 0 Å². The van der Waals surface area contributed by atoms with Crippen molar-refractivity contribution in [3.63, 3.8) is 0 Å². The summed E-state index contributed by atoms with van der Waals surface area (Å²) in [7, 11) is -3.41. The van der Waals surface area contributed by atoms with E-state index in [1.165, 1.54) is 62.5 Å². The zero-order valence-electron chi connectivity index (χ0n) is 43.8. The van der Waals surface area contributed by atoms with Gasteiger partial charge >= 0.3 is 17.2 Å². The van der Waals surface area contributed by atoms with Gasteiger partial charge in [-0.25, -0.2) is 0 Å². The normalized spacial score (nSPS) is 31.9. The van der Waals surface area contributed by atoms with Crippen LogP contribution in [-0.2, 0) is 18.1 Å². The van der Waals surface area contributed by atoms with Gasteiger partial charge in [0.25, 0.3) is 0 Å². The molecule has 4 fully saturated rings. The van der Waals surface area contributed by atoms with E-state index in [0.29, 0.717) is 71.0 Å². The molecular formula is C56H92O6P2S. The largest absolute Gasteiger partial charge is 0.425 e. The fourth-order valence-corrected chi connectivity index (χ4v) is 16.4. The molecular weight excluding hydrogens is 863 g/mol. The van der Waals surface area contributed by atoms with Crippen molar-refractivity contribution in [1.82, 2.24) is 0 Å². The lowest BCUT2D eigenvalue weighted by atomic mass is 9.75. The summed E-state index contributed by atoms with van der Waals surface area (Å²) >= 11 is 1.74. The van der Waals surface area contributed by atoms with E-state index >= 15 is 0 Å². The van der Waals surface area contributed by atoms with Gasteiger partial charge in [0.15, 0.2) is 0 Å². The van der Waals surface area contributed by atoms with Gasteiger partial charge in [-0.1, -0.05) is 133 Å². The first-order chi connectivity index (χ1) is 30.8. The van der Waals surface area contributed by atoms with E-state index < -0.39 is 17.2 Å². The lowest BCUT2D eigenvalue weighted by molar-refractivity contribution is -0.00335. The predicted octanol–water partition coefficient (Wildman–Crippen LogP) is 18.2. The number of hydrogen-bond donors (Lipinski definition) is 0. The van der Waals surface area contributed by atoms with Crippen LogP contribution in [0.1, 0.15) is 182 Å². The molecule has 2 unspecified atom stereocenters. The molecule has 0 aliphatic heterocycles. The molecule has 0 spiro atoms. The van der Waals surface area contributed by atoms with Crippen LogP contribution in [0.2, 0.25) is 0 Å². The molecule has 4 aliphatic rings. The molecule has 0 aromatic heterocycles. The Balaban J connectivity index is 1.37. The monoisotopic (exact) mass is 955 g/mol. The number of aryl methyl sites for hydroxylation is 4. The molecule has 4 aliphatic carbocycles. The Morgan fingerprint density at radius 1 is 0.415 bits per heavy atom. The number of rotatable bonds is 18. The van der Waals surface area contributed by atoms with Gasteiger partial charge in [-0.15, -0.1) is 0 Å². The predicted molar refractivity (Wildman–Crippen MR) is 276 cm³/mol. The molecule has 6 nitrogen and oxygen atoms in total. The molecule has 0 amide bonds. The van der Waals surface area contributed by atoms with Crippen LogP contribution in [-0.4, -0.2) is 24.4 Å². The molecule has 368 valence electrons. The van der Waals surface area contributed by atoms with E-state index in [0.717, 1.165) is 58.1 Å². The van der Waals surface area contributed by atoms with Crippen molar-refractivity contribution in [2.24, 2.45) is 71.0 Å². The highest BCUT2D eigenvalue weighted by Crippen LogP contribution is 2.57. The van der Waals surface area contributed by atoms with Gasteiger partial charge in [-0.05, 0) is 184 Å². The molecule has 0 N–H and O–H groups in total. The smallest absolute Gasteiger partial charge is 0.397 e. The van der Waals surface area contributed by atoms with Crippen LogP contribution in [0.15, 0.2) is 34.1 Å². The highest BCUT2D eigenvalue weighted by molar-refractivity contribution is 7.99. The van der Waals surface area contributed by atoms with Crippen LogP contribution in [0, 0.1) is 98.7 Å². The van der Waals surface area contributed by atoms with Gasteiger partial charge in [-0.2, -0.15) is 0 Å². The van der Waals surface area contributed by atoms with Gasteiger partial charge in [0, 0.05) is 0 Å². The van der Waals surface area contributed by atoms with Crippen LogP contribution >= 0.6 is 29.0 Å². The van der Waals surface area contributed by atoms with Crippen LogP contribution in [0.5, 0.6) is 11.5 Å². The Morgan fingerprint density at radius 2 is 0.677 bits per heavy atom. The fraction of sp³-hybridized carbons (Fsp3) is 0.786. The average Bonchev–Trinajstić information content (AvgIpc) is 3.20. The molecule has 65 heavy (non-hydrogen) atoms. The van der Waals surface area contributed by atoms with Gasteiger partial charge in [0.2, 0.25) is 0 Å². The van der Waals surface area contributed by atoms with E-state index in [4.69, 9.17) is 27.1 Å². The summed E-state index contributed by atoms with van der Waals surface area (Å²) in [4.78, 5) is 2.11. The summed E-state index contributed by atoms with van der Waals surface area (Å²) in [6, 6.07) is 9.06.